The van der Waals surface area contributed by atoms with E-state index in [9.17, 15) is 9.59 Å². The standard InChI is InChI=1S/C24H49N5O2S/c1-10-24(8,9)20(21(30)28-14-11-12-18(28)4)27-22(31)26-19(23(5,6)7)16-25-13-15-29(32)17(2)3/h17-20,25,32H,10-16H2,1-9H3,(H2,26,27,31). The van der Waals surface area contributed by atoms with Gasteiger partial charge < -0.3 is 20.9 Å². The molecule has 0 aromatic heterocycles. The largest absolute Gasteiger partial charge is 0.338 e. The lowest BCUT2D eigenvalue weighted by molar-refractivity contribution is -0.136. The number of hydrogen-bond acceptors (Lipinski definition) is 5. The maximum absolute atomic E-state index is 13.4. The van der Waals surface area contributed by atoms with Crippen LogP contribution in [0.2, 0.25) is 0 Å². The summed E-state index contributed by atoms with van der Waals surface area (Å²) >= 11 is 4.48. The lowest BCUT2D eigenvalue weighted by Gasteiger charge is -2.38. The number of hydrogen-bond donors (Lipinski definition) is 4. The molecule has 1 rings (SSSR count). The van der Waals surface area contributed by atoms with E-state index in [1.807, 2.05) is 9.21 Å². The molecule has 1 aliphatic rings. The third kappa shape index (κ3) is 8.75. The molecule has 0 radical (unpaired) electrons. The molecule has 1 saturated heterocycles. The second-order valence-electron chi connectivity index (χ2n) is 11.3. The maximum Gasteiger partial charge on any atom is 0.315 e. The first-order valence-electron chi connectivity index (χ1n) is 12.2. The Bertz CT molecular complexity index is 606. The van der Waals surface area contributed by atoms with Gasteiger partial charge in [0.1, 0.15) is 6.04 Å². The molecule has 7 nitrogen and oxygen atoms in total. The maximum atomic E-state index is 13.4. The molecule has 0 spiro atoms. The Morgan fingerprint density at radius 1 is 1.16 bits per heavy atom. The molecular weight excluding hydrogens is 422 g/mol. The van der Waals surface area contributed by atoms with Crippen LogP contribution in [0.1, 0.15) is 81.6 Å². The van der Waals surface area contributed by atoms with Crippen LogP contribution in [0.5, 0.6) is 0 Å². The molecule has 8 heteroatoms. The van der Waals surface area contributed by atoms with E-state index in [1.54, 1.807) is 0 Å². The van der Waals surface area contributed by atoms with E-state index in [-0.39, 0.29) is 34.9 Å². The zero-order chi connectivity index (χ0) is 24.7. The molecule has 0 aromatic carbocycles. The second kappa shape index (κ2) is 12.5. The van der Waals surface area contributed by atoms with Crippen molar-refractivity contribution in [3.05, 3.63) is 0 Å². The molecular formula is C24H49N5O2S. The van der Waals surface area contributed by atoms with Crippen LogP contribution in [-0.2, 0) is 4.79 Å². The summed E-state index contributed by atoms with van der Waals surface area (Å²) in [6.07, 6.45) is 2.85. The molecule has 0 saturated carbocycles. The number of carbonyl (C=O) groups excluding carboxylic acids is 2. The lowest BCUT2D eigenvalue weighted by atomic mass is 9.81. The van der Waals surface area contributed by atoms with Crippen molar-refractivity contribution in [3.8, 4) is 0 Å². The van der Waals surface area contributed by atoms with Gasteiger partial charge in [-0.25, -0.2) is 9.10 Å². The van der Waals surface area contributed by atoms with Crippen molar-refractivity contribution in [3.63, 3.8) is 0 Å². The zero-order valence-electron chi connectivity index (χ0n) is 21.9. The van der Waals surface area contributed by atoms with E-state index >= 15 is 0 Å². The van der Waals surface area contributed by atoms with Gasteiger partial charge in [-0.3, -0.25) is 4.79 Å². The van der Waals surface area contributed by atoms with Crippen LogP contribution in [-0.4, -0.2) is 71.5 Å². The molecule has 188 valence electrons. The normalized spacial score (nSPS) is 19.4. The third-order valence-electron chi connectivity index (χ3n) is 6.86. The fourth-order valence-corrected chi connectivity index (χ4v) is 3.92. The Morgan fingerprint density at radius 2 is 1.78 bits per heavy atom. The van der Waals surface area contributed by atoms with Crippen molar-refractivity contribution in [2.24, 2.45) is 10.8 Å². The highest BCUT2D eigenvalue weighted by Gasteiger charge is 2.40. The first-order chi connectivity index (χ1) is 14.7. The van der Waals surface area contributed by atoms with Gasteiger partial charge in [0.25, 0.3) is 0 Å². The second-order valence-corrected chi connectivity index (χ2v) is 11.8. The van der Waals surface area contributed by atoms with Gasteiger partial charge >= 0.3 is 6.03 Å². The van der Waals surface area contributed by atoms with Crippen LogP contribution in [0, 0.1) is 10.8 Å². The summed E-state index contributed by atoms with van der Waals surface area (Å²) in [5.41, 5.74) is -0.467. The summed E-state index contributed by atoms with van der Waals surface area (Å²) in [6.45, 7) is 21.8. The van der Waals surface area contributed by atoms with Crippen molar-refractivity contribution >= 4 is 24.8 Å². The zero-order valence-corrected chi connectivity index (χ0v) is 22.8. The number of likely N-dealkylation sites (tertiary alicyclic amines) is 1. The van der Waals surface area contributed by atoms with Crippen LogP contribution in [0.4, 0.5) is 4.79 Å². The SMILES string of the molecule is CCC(C)(C)C(NC(=O)NC(CNCCN(S)C(C)C)C(C)(C)C)C(=O)N1CCCC1C. The molecule has 0 aliphatic carbocycles. The van der Waals surface area contributed by atoms with Crippen LogP contribution < -0.4 is 16.0 Å². The van der Waals surface area contributed by atoms with Gasteiger partial charge in [-0.05, 0) is 50.9 Å². The minimum absolute atomic E-state index is 0.0324. The average molecular weight is 472 g/mol. The van der Waals surface area contributed by atoms with Crippen molar-refractivity contribution in [1.29, 1.82) is 0 Å². The van der Waals surface area contributed by atoms with Crippen molar-refractivity contribution in [1.82, 2.24) is 25.2 Å². The quantitative estimate of drug-likeness (QED) is 0.274. The van der Waals surface area contributed by atoms with Crippen LogP contribution in [0.15, 0.2) is 0 Å². The van der Waals surface area contributed by atoms with E-state index in [2.05, 4.69) is 91.1 Å². The van der Waals surface area contributed by atoms with Gasteiger partial charge in [0.15, 0.2) is 0 Å². The van der Waals surface area contributed by atoms with E-state index in [1.165, 1.54) is 0 Å². The monoisotopic (exact) mass is 471 g/mol. The number of rotatable bonds is 11. The predicted molar refractivity (Wildman–Crippen MR) is 137 cm³/mol. The van der Waals surface area contributed by atoms with Gasteiger partial charge in [0.05, 0.1) is 0 Å². The number of carbonyl (C=O) groups is 2. The molecule has 1 heterocycles. The number of amides is 3. The Hall–Kier alpha value is -0.990. The number of thiol groups is 1. The molecule has 0 aromatic rings. The first kappa shape index (κ1) is 29.0. The minimum Gasteiger partial charge on any atom is -0.338 e. The van der Waals surface area contributed by atoms with Gasteiger partial charge in [-0.2, -0.15) is 0 Å². The summed E-state index contributed by atoms with van der Waals surface area (Å²) in [5, 5.41) is 9.62. The van der Waals surface area contributed by atoms with Crippen LogP contribution in [0.25, 0.3) is 0 Å². The van der Waals surface area contributed by atoms with Crippen molar-refractivity contribution in [2.75, 3.05) is 26.2 Å². The number of nitrogens with one attached hydrogen (secondary N) is 3. The van der Waals surface area contributed by atoms with Crippen molar-refractivity contribution in [2.45, 2.75) is 106 Å². The molecule has 1 fully saturated rings. The fourth-order valence-electron chi connectivity index (χ4n) is 3.82. The van der Waals surface area contributed by atoms with Gasteiger partial charge in [0.2, 0.25) is 5.91 Å². The molecule has 0 bridgehead atoms. The van der Waals surface area contributed by atoms with Gasteiger partial charge in [-0.15, -0.1) is 0 Å². The minimum atomic E-state index is -0.551. The van der Waals surface area contributed by atoms with Crippen LogP contribution >= 0.6 is 12.8 Å². The third-order valence-corrected chi connectivity index (χ3v) is 7.53. The average Bonchev–Trinajstić information content (AvgIpc) is 3.12. The Labute approximate surface area is 202 Å². The molecule has 32 heavy (non-hydrogen) atoms. The summed E-state index contributed by atoms with van der Waals surface area (Å²) in [4.78, 5) is 28.4. The highest BCUT2D eigenvalue weighted by molar-refractivity contribution is 7.77. The van der Waals surface area contributed by atoms with E-state index in [0.29, 0.717) is 12.6 Å². The lowest BCUT2D eigenvalue weighted by Crippen LogP contribution is -2.60. The molecule has 3 amide bonds. The number of urea groups is 1. The smallest absolute Gasteiger partial charge is 0.315 e. The molecule has 3 atom stereocenters. The van der Waals surface area contributed by atoms with Crippen LogP contribution in [0.3, 0.4) is 0 Å². The van der Waals surface area contributed by atoms with Gasteiger partial charge in [-0.1, -0.05) is 54.4 Å². The molecule has 3 N–H and O–H groups in total. The van der Waals surface area contributed by atoms with E-state index in [4.69, 9.17) is 0 Å². The Morgan fingerprint density at radius 3 is 2.25 bits per heavy atom. The van der Waals surface area contributed by atoms with Crippen molar-refractivity contribution < 1.29 is 9.59 Å². The van der Waals surface area contributed by atoms with E-state index in [0.717, 1.165) is 38.9 Å². The fraction of sp³-hybridized carbons (Fsp3) is 0.917. The summed E-state index contributed by atoms with van der Waals surface area (Å²) in [6, 6.07) is -0.313. The molecule has 1 aliphatic heterocycles. The topological polar surface area (TPSA) is 76.7 Å². The Balaban J connectivity index is 2.80. The summed E-state index contributed by atoms with van der Waals surface area (Å²) in [7, 11) is 0. The number of nitrogens with zero attached hydrogens (tertiary/aromatic N) is 2. The van der Waals surface area contributed by atoms with Gasteiger partial charge in [0, 0.05) is 44.3 Å². The molecule has 3 unspecified atom stereocenters. The van der Waals surface area contributed by atoms with E-state index < -0.39 is 6.04 Å². The first-order valence-corrected chi connectivity index (χ1v) is 12.6. The summed E-state index contributed by atoms with van der Waals surface area (Å²) in [5.74, 6) is 0.0324. The predicted octanol–water partition coefficient (Wildman–Crippen LogP) is 3.66. The highest BCUT2D eigenvalue weighted by atomic mass is 32.1. The Kier molecular flexibility index (Phi) is 11.3. The summed E-state index contributed by atoms with van der Waals surface area (Å²) < 4.78 is 1.99. The highest BCUT2D eigenvalue weighted by Crippen LogP contribution is 2.29.